The van der Waals surface area contributed by atoms with Crippen molar-refractivity contribution in [1.82, 2.24) is 0 Å². The number of carboxylic acid groups (broad SMARTS) is 1. The average Bonchev–Trinajstić information content (AvgIpc) is 3.26. The SMILES string of the molecule is CCCCC/C=C\C/C=C\CCCCCCCCCCOCC(COP(=O)(O)OCC(N)C(=O)O)OC(=O)CCCCCCCCCCCCCCCCCCCCCCCCC. The minimum atomic E-state index is -4.62. The van der Waals surface area contributed by atoms with Gasteiger partial charge in [-0.25, -0.2) is 4.57 Å². The molecule has 0 spiro atoms. The van der Waals surface area contributed by atoms with Crippen molar-refractivity contribution in [1.29, 1.82) is 0 Å². The first-order valence-electron chi connectivity index (χ1n) is 26.4. The van der Waals surface area contributed by atoms with E-state index in [1.807, 2.05) is 0 Å². The maximum atomic E-state index is 12.7. The summed E-state index contributed by atoms with van der Waals surface area (Å²) in [7, 11) is -4.62. The number of rotatable bonds is 51. The van der Waals surface area contributed by atoms with Gasteiger partial charge in [-0.3, -0.25) is 18.6 Å². The van der Waals surface area contributed by atoms with Crippen LogP contribution in [0.3, 0.4) is 0 Å². The quantitative estimate of drug-likeness (QED) is 0.0232. The predicted molar refractivity (Wildman–Crippen MR) is 263 cm³/mol. The van der Waals surface area contributed by atoms with E-state index >= 15 is 0 Å². The van der Waals surface area contributed by atoms with Gasteiger partial charge in [0, 0.05) is 13.0 Å². The molecule has 0 aliphatic heterocycles. The lowest BCUT2D eigenvalue weighted by Gasteiger charge is -2.20. The number of carboxylic acids is 1. The number of phosphoric ester groups is 1. The van der Waals surface area contributed by atoms with Crippen LogP contribution in [0.15, 0.2) is 24.3 Å². The standard InChI is InChI=1S/C52H100NO9P/c1-3-5-7-9-11-13-15-17-19-21-23-24-25-26-27-28-30-32-34-36-38-40-42-44-51(54)62-49(47-60-63(57,58)61-48-50(53)52(55)56)46-59-45-43-41-39-37-35-33-31-29-22-20-18-16-14-12-10-8-6-4-2/h12,14,18,20,49-50H,3-11,13,15-17,19,21-48,53H2,1-2H3,(H,55,56)(H,57,58)/b14-12-,20-18-. The van der Waals surface area contributed by atoms with Crippen molar-refractivity contribution in [3.8, 4) is 0 Å². The Labute approximate surface area is 387 Å². The van der Waals surface area contributed by atoms with E-state index in [1.165, 1.54) is 186 Å². The molecule has 3 atom stereocenters. The van der Waals surface area contributed by atoms with Gasteiger partial charge < -0.3 is 25.2 Å². The van der Waals surface area contributed by atoms with Gasteiger partial charge in [-0.2, -0.15) is 0 Å². The number of nitrogens with two attached hydrogens (primary N) is 1. The minimum absolute atomic E-state index is 0.0173. The summed E-state index contributed by atoms with van der Waals surface area (Å²) < 4.78 is 33.5. The molecule has 0 bridgehead atoms. The van der Waals surface area contributed by atoms with Crippen LogP contribution in [0.4, 0.5) is 0 Å². The third-order valence-corrected chi connectivity index (χ3v) is 12.7. The summed E-state index contributed by atoms with van der Waals surface area (Å²) in [4.78, 5) is 33.7. The summed E-state index contributed by atoms with van der Waals surface area (Å²) in [6.45, 7) is 3.90. The number of hydrogen-bond acceptors (Lipinski definition) is 8. The van der Waals surface area contributed by atoms with E-state index < -0.39 is 45.1 Å². The van der Waals surface area contributed by atoms with Gasteiger partial charge in [0.15, 0.2) is 0 Å². The van der Waals surface area contributed by atoms with Gasteiger partial charge in [0.2, 0.25) is 0 Å². The summed E-state index contributed by atoms with van der Waals surface area (Å²) in [5.74, 6) is -1.77. The normalized spacial score (nSPS) is 13.8. The third kappa shape index (κ3) is 48.2. The van der Waals surface area contributed by atoms with E-state index in [0.717, 1.165) is 51.4 Å². The molecule has 0 fully saturated rings. The molecule has 10 nitrogen and oxygen atoms in total. The Bertz CT molecular complexity index is 1100. The fourth-order valence-corrected chi connectivity index (χ4v) is 8.42. The molecule has 0 saturated carbocycles. The number of carbonyl (C=O) groups excluding carboxylic acids is 1. The van der Waals surface area contributed by atoms with Crippen molar-refractivity contribution in [3.63, 3.8) is 0 Å². The summed E-state index contributed by atoms with van der Waals surface area (Å²) in [5.41, 5.74) is 5.38. The molecule has 0 radical (unpaired) electrons. The zero-order valence-corrected chi connectivity index (χ0v) is 41.8. The molecule has 0 aromatic rings. The summed E-state index contributed by atoms with van der Waals surface area (Å²) >= 11 is 0. The zero-order valence-electron chi connectivity index (χ0n) is 40.9. The Morgan fingerprint density at radius 1 is 0.508 bits per heavy atom. The number of carbonyl (C=O) groups is 2. The van der Waals surface area contributed by atoms with Crippen molar-refractivity contribution in [2.24, 2.45) is 5.73 Å². The van der Waals surface area contributed by atoms with Gasteiger partial charge in [-0.05, 0) is 44.9 Å². The molecule has 0 heterocycles. The first-order chi connectivity index (χ1) is 30.7. The number of unbranched alkanes of at least 4 members (excludes halogenated alkanes) is 33. The lowest BCUT2D eigenvalue weighted by molar-refractivity contribution is -0.154. The van der Waals surface area contributed by atoms with E-state index in [4.69, 9.17) is 29.4 Å². The first kappa shape index (κ1) is 61.5. The Morgan fingerprint density at radius 2 is 0.873 bits per heavy atom. The number of hydrogen-bond donors (Lipinski definition) is 3. The van der Waals surface area contributed by atoms with Crippen molar-refractivity contribution in [2.45, 2.75) is 270 Å². The third-order valence-electron chi connectivity index (χ3n) is 11.7. The van der Waals surface area contributed by atoms with Crippen LogP contribution in [0, 0.1) is 0 Å². The molecule has 0 aliphatic rings. The molecule has 0 aliphatic carbocycles. The van der Waals surface area contributed by atoms with E-state index in [0.29, 0.717) is 6.61 Å². The summed E-state index contributed by atoms with van der Waals surface area (Å²) in [6.07, 6.45) is 55.2. The maximum Gasteiger partial charge on any atom is 0.472 e. The second-order valence-electron chi connectivity index (χ2n) is 18.0. The Hall–Kier alpha value is -1.55. The summed E-state index contributed by atoms with van der Waals surface area (Å²) in [6, 6.07) is -1.47. The first-order valence-corrected chi connectivity index (χ1v) is 27.9. The highest BCUT2D eigenvalue weighted by Crippen LogP contribution is 2.43. The Morgan fingerprint density at radius 3 is 1.32 bits per heavy atom. The van der Waals surface area contributed by atoms with Crippen molar-refractivity contribution >= 4 is 19.8 Å². The van der Waals surface area contributed by atoms with Crippen LogP contribution >= 0.6 is 7.82 Å². The monoisotopic (exact) mass is 914 g/mol. The largest absolute Gasteiger partial charge is 0.480 e. The highest BCUT2D eigenvalue weighted by atomic mass is 31.2. The average molecular weight is 914 g/mol. The number of aliphatic carboxylic acids is 1. The van der Waals surface area contributed by atoms with Crippen LogP contribution in [0.2, 0.25) is 0 Å². The van der Waals surface area contributed by atoms with Crippen molar-refractivity contribution in [3.05, 3.63) is 24.3 Å². The molecule has 4 N–H and O–H groups in total. The number of phosphoric acid groups is 1. The van der Waals surface area contributed by atoms with E-state index in [2.05, 4.69) is 38.2 Å². The second-order valence-corrected chi connectivity index (χ2v) is 19.5. The Balaban J connectivity index is 4.08. The molecule has 0 rings (SSSR count). The molecule has 0 amide bonds. The highest BCUT2D eigenvalue weighted by Gasteiger charge is 2.27. The fraction of sp³-hybridized carbons (Fsp3) is 0.885. The number of ether oxygens (including phenoxy) is 2. The lowest BCUT2D eigenvalue weighted by atomic mass is 10.0. The van der Waals surface area contributed by atoms with Gasteiger partial charge in [0.1, 0.15) is 12.1 Å². The van der Waals surface area contributed by atoms with Crippen LogP contribution in [0.1, 0.15) is 258 Å². The second kappa shape index (κ2) is 48.4. The minimum Gasteiger partial charge on any atom is -0.480 e. The lowest BCUT2D eigenvalue weighted by Crippen LogP contribution is -2.34. The van der Waals surface area contributed by atoms with Gasteiger partial charge in [0.05, 0.1) is 19.8 Å². The van der Waals surface area contributed by atoms with Crippen LogP contribution in [0.25, 0.3) is 0 Å². The molecule has 3 unspecified atom stereocenters. The summed E-state index contributed by atoms with van der Waals surface area (Å²) in [5, 5.41) is 8.93. The number of esters is 1. The topological polar surface area (TPSA) is 155 Å². The van der Waals surface area contributed by atoms with Crippen LogP contribution in [-0.2, 0) is 32.7 Å². The van der Waals surface area contributed by atoms with Gasteiger partial charge >= 0.3 is 19.8 Å². The highest BCUT2D eigenvalue weighted by molar-refractivity contribution is 7.47. The molecule has 0 saturated heterocycles. The predicted octanol–water partition coefficient (Wildman–Crippen LogP) is 15.4. The molecule has 0 aromatic carbocycles. The zero-order chi connectivity index (χ0) is 46.2. The van der Waals surface area contributed by atoms with Crippen molar-refractivity contribution in [2.75, 3.05) is 26.4 Å². The van der Waals surface area contributed by atoms with Crippen LogP contribution in [-0.4, -0.2) is 60.5 Å². The molecule has 372 valence electrons. The van der Waals surface area contributed by atoms with E-state index in [9.17, 15) is 19.0 Å². The molecule has 11 heteroatoms. The molecular weight excluding hydrogens is 814 g/mol. The smallest absolute Gasteiger partial charge is 0.472 e. The van der Waals surface area contributed by atoms with Crippen molar-refractivity contribution < 1.29 is 42.7 Å². The maximum absolute atomic E-state index is 12.7. The number of allylic oxidation sites excluding steroid dienone is 4. The molecule has 63 heavy (non-hydrogen) atoms. The Kier molecular flexibility index (Phi) is 47.2. The van der Waals surface area contributed by atoms with E-state index in [-0.39, 0.29) is 13.0 Å². The van der Waals surface area contributed by atoms with Crippen LogP contribution < -0.4 is 5.73 Å². The van der Waals surface area contributed by atoms with E-state index in [1.54, 1.807) is 0 Å². The van der Waals surface area contributed by atoms with Gasteiger partial charge in [0.25, 0.3) is 0 Å². The fourth-order valence-electron chi connectivity index (χ4n) is 7.64. The molecule has 0 aromatic heterocycles. The molecular formula is C52H100NO9P. The van der Waals surface area contributed by atoms with Crippen LogP contribution in [0.5, 0.6) is 0 Å². The van der Waals surface area contributed by atoms with Gasteiger partial charge in [-0.15, -0.1) is 0 Å². The van der Waals surface area contributed by atoms with Gasteiger partial charge in [-0.1, -0.05) is 231 Å².